The molecule has 0 amide bonds. The zero-order valence-corrected chi connectivity index (χ0v) is 22.6. The van der Waals surface area contributed by atoms with Gasteiger partial charge in [-0.2, -0.15) is 21.6 Å². The van der Waals surface area contributed by atoms with Gasteiger partial charge < -0.3 is 0 Å². The molecule has 0 fully saturated rings. The van der Waals surface area contributed by atoms with E-state index in [9.17, 15) is 13.2 Å². The first-order chi connectivity index (χ1) is 17.0. The molecule has 0 spiro atoms. The number of halogens is 3. The molecule has 0 atom stereocenters. The molecule has 0 aliphatic rings. The van der Waals surface area contributed by atoms with Crippen molar-refractivity contribution in [2.24, 2.45) is 0 Å². The minimum absolute atomic E-state index is 0.532. The summed E-state index contributed by atoms with van der Waals surface area (Å²) in [6.45, 7) is 6.90. The van der Waals surface area contributed by atoms with Crippen LogP contribution >= 0.6 is 7.92 Å². The highest BCUT2D eigenvalue weighted by atomic mass is 32.2. The van der Waals surface area contributed by atoms with Crippen molar-refractivity contribution in [3.05, 3.63) is 89.5 Å². The summed E-state index contributed by atoms with van der Waals surface area (Å²) in [5.74, 6) is 0. The predicted molar refractivity (Wildman–Crippen MR) is 145 cm³/mol. The van der Waals surface area contributed by atoms with E-state index in [4.69, 9.17) is 13.0 Å². The number of hydrogen-bond donors (Lipinski definition) is 1. The van der Waals surface area contributed by atoms with Crippen LogP contribution in [0.1, 0.15) is 56.7 Å². The number of alkyl halides is 3. The van der Waals surface area contributed by atoms with Crippen molar-refractivity contribution >= 4 is 34.0 Å². The number of aryl methyl sites for hydroxylation is 3. The first-order valence-electron chi connectivity index (χ1n) is 12.1. The molecule has 0 aromatic heterocycles. The molecule has 36 heavy (non-hydrogen) atoms. The van der Waals surface area contributed by atoms with Crippen molar-refractivity contribution in [2.45, 2.75) is 64.8 Å². The summed E-state index contributed by atoms with van der Waals surface area (Å²) in [4.78, 5) is 0. The molecule has 0 aliphatic carbocycles. The maximum atomic E-state index is 10.7. The van der Waals surface area contributed by atoms with Crippen molar-refractivity contribution in [2.75, 3.05) is 0 Å². The molecule has 3 nitrogen and oxygen atoms in total. The summed E-state index contributed by atoms with van der Waals surface area (Å²) in [5, 5.41) is 4.54. The summed E-state index contributed by atoms with van der Waals surface area (Å²) < 4.78 is 57.5. The summed E-state index contributed by atoms with van der Waals surface area (Å²) in [6.07, 6.45) is 7.12. The maximum Gasteiger partial charge on any atom is 0.522 e. The van der Waals surface area contributed by atoms with E-state index in [0.29, 0.717) is 0 Å². The average Bonchev–Trinajstić information content (AvgIpc) is 2.82. The first-order valence-corrected chi connectivity index (χ1v) is 14.9. The standard InChI is InChI=1S/C27H33P.CHF3O3S/c1-4-13-22-20-23(14-5-2)27(24(21-22)15-6-3)28(25-16-9-7-10-17-25)26-18-11-8-12-19-26;2-1(3,4)8(5,6)7/h7-12,16-21H,4-6,13-15H2,1-3H3;(H,5,6,7). The Labute approximate surface area is 214 Å². The second kappa shape index (κ2) is 13.9. The summed E-state index contributed by atoms with van der Waals surface area (Å²) >= 11 is 0. The second-order valence-corrected chi connectivity index (χ2v) is 12.0. The average molecular weight is 539 g/mol. The second-order valence-electron chi connectivity index (χ2n) is 8.44. The van der Waals surface area contributed by atoms with Crippen LogP contribution in [-0.2, 0) is 29.4 Å². The van der Waals surface area contributed by atoms with Gasteiger partial charge in [0.2, 0.25) is 0 Å². The van der Waals surface area contributed by atoms with Gasteiger partial charge in [0.15, 0.2) is 0 Å². The van der Waals surface area contributed by atoms with Crippen molar-refractivity contribution in [1.82, 2.24) is 0 Å². The molecule has 3 rings (SSSR count). The van der Waals surface area contributed by atoms with Gasteiger partial charge in [-0.25, -0.2) is 0 Å². The normalized spacial score (nSPS) is 11.8. The summed E-state index contributed by atoms with van der Waals surface area (Å²) in [6, 6.07) is 27.4. The monoisotopic (exact) mass is 538 g/mol. The third-order valence-corrected chi connectivity index (χ3v) is 8.69. The Morgan fingerprint density at radius 3 is 1.39 bits per heavy atom. The molecular weight excluding hydrogens is 504 g/mol. The number of hydrogen-bond acceptors (Lipinski definition) is 2. The van der Waals surface area contributed by atoms with Crippen LogP contribution in [0.4, 0.5) is 13.2 Å². The van der Waals surface area contributed by atoms with E-state index in [-0.39, 0.29) is 0 Å². The zero-order valence-electron chi connectivity index (χ0n) is 20.9. The molecule has 1 N–H and O–H groups in total. The van der Waals surface area contributed by atoms with Gasteiger partial charge in [0.1, 0.15) is 0 Å². The van der Waals surface area contributed by atoms with Crippen LogP contribution in [0.15, 0.2) is 72.8 Å². The van der Waals surface area contributed by atoms with Gasteiger partial charge in [0.25, 0.3) is 0 Å². The topological polar surface area (TPSA) is 54.4 Å². The van der Waals surface area contributed by atoms with Crippen molar-refractivity contribution in [3.8, 4) is 0 Å². The fourth-order valence-electron chi connectivity index (χ4n) is 4.03. The Morgan fingerprint density at radius 1 is 0.722 bits per heavy atom. The van der Waals surface area contributed by atoms with Crippen LogP contribution in [0.3, 0.4) is 0 Å². The van der Waals surface area contributed by atoms with Gasteiger partial charge in [-0.05, 0) is 59.8 Å². The molecule has 3 aromatic rings. The molecule has 196 valence electrons. The molecule has 0 bridgehead atoms. The van der Waals surface area contributed by atoms with Crippen molar-refractivity contribution in [1.29, 1.82) is 0 Å². The minimum Gasteiger partial charge on any atom is -0.279 e. The smallest absolute Gasteiger partial charge is 0.279 e. The third kappa shape index (κ3) is 8.43. The maximum absolute atomic E-state index is 10.7. The Morgan fingerprint density at radius 2 is 1.08 bits per heavy atom. The highest BCUT2D eigenvalue weighted by Crippen LogP contribution is 2.37. The van der Waals surface area contributed by atoms with Gasteiger partial charge >= 0.3 is 15.6 Å². The van der Waals surface area contributed by atoms with Gasteiger partial charge in [-0.15, -0.1) is 0 Å². The molecule has 0 saturated heterocycles. The van der Waals surface area contributed by atoms with E-state index in [1.807, 2.05) is 0 Å². The van der Waals surface area contributed by atoms with Crippen LogP contribution in [0.25, 0.3) is 0 Å². The Hall–Kier alpha value is -2.21. The predicted octanol–water partition coefficient (Wildman–Crippen LogP) is 6.70. The van der Waals surface area contributed by atoms with E-state index < -0.39 is 23.5 Å². The van der Waals surface area contributed by atoms with E-state index in [1.54, 1.807) is 16.4 Å². The van der Waals surface area contributed by atoms with Crippen molar-refractivity contribution in [3.63, 3.8) is 0 Å². The number of benzene rings is 3. The highest BCUT2D eigenvalue weighted by Gasteiger charge is 2.44. The molecular formula is C28H34F3O3PS. The minimum atomic E-state index is -5.84. The Kier molecular flexibility index (Phi) is 11.6. The van der Waals surface area contributed by atoms with Crippen LogP contribution in [0.2, 0.25) is 0 Å². The van der Waals surface area contributed by atoms with Crippen LogP contribution in [0.5, 0.6) is 0 Å². The van der Waals surface area contributed by atoms with Gasteiger partial charge in [-0.3, -0.25) is 4.55 Å². The lowest BCUT2D eigenvalue weighted by atomic mass is 9.97. The quantitative estimate of drug-likeness (QED) is 0.188. The zero-order chi connectivity index (χ0) is 26.8. The fourth-order valence-corrected chi connectivity index (χ4v) is 6.72. The molecule has 0 unspecified atom stereocenters. The van der Waals surface area contributed by atoms with Crippen LogP contribution in [-0.4, -0.2) is 18.5 Å². The molecule has 0 heterocycles. The summed E-state index contributed by atoms with van der Waals surface area (Å²) in [7, 11) is -6.37. The summed E-state index contributed by atoms with van der Waals surface area (Å²) in [5.41, 5.74) is -0.854. The van der Waals surface area contributed by atoms with Crippen LogP contribution in [0, 0.1) is 0 Å². The lowest BCUT2D eigenvalue weighted by Crippen LogP contribution is -2.26. The third-order valence-electron chi connectivity index (χ3n) is 5.45. The largest absolute Gasteiger partial charge is 0.522 e. The van der Waals surface area contributed by atoms with E-state index in [2.05, 4.69) is 93.6 Å². The molecule has 8 heteroatoms. The first kappa shape index (κ1) is 30.0. The van der Waals surface area contributed by atoms with Crippen molar-refractivity contribution < 1.29 is 26.1 Å². The molecule has 0 radical (unpaired) electrons. The SMILES string of the molecule is CCCc1cc(CCC)c(P(c2ccccc2)c2ccccc2)c(CCC)c1.O=S(=O)(O)C(F)(F)F. The highest BCUT2D eigenvalue weighted by molar-refractivity contribution is 7.86. The van der Waals surface area contributed by atoms with Gasteiger partial charge in [0.05, 0.1) is 0 Å². The van der Waals surface area contributed by atoms with Gasteiger partial charge in [0, 0.05) is 0 Å². The Balaban J connectivity index is 0.000000493. The lowest BCUT2D eigenvalue weighted by Gasteiger charge is -2.26. The fraction of sp³-hybridized carbons (Fsp3) is 0.357. The molecule has 0 aliphatic heterocycles. The molecule has 3 aromatic carbocycles. The number of rotatable bonds is 9. The van der Waals surface area contributed by atoms with Crippen LogP contribution < -0.4 is 15.9 Å². The van der Waals surface area contributed by atoms with E-state index in [1.165, 1.54) is 54.7 Å². The lowest BCUT2D eigenvalue weighted by molar-refractivity contribution is -0.0510. The Bertz CT molecular complexity index is 1120. The van der Waals surface area contributed by atoms with E-state index in [0.717, 1.165) is 0 Å². The van der Waals surface area contributed by atoms with Gasteiger partial charge in [-0.1, -0.05) is 113 Å². The molecule has 0 saturated carbocycles. The van der Waals surface area contributed by atoms with E-state index >= 15 is 0 Å².